The van der Waals surface area contributed by atoms with E-state index in [2.05, 4.69) is 4.99 Å². The highest BCUT2D eigenvalue weighted by atomic mass is 35.5. The monoisotopic (exact) mass is 430 g/mol. The number of hydrogen-bond acceptors (Lipinski definition) is 3. The van der Waals surface area contributed by atoms with Gasteiger partial charge in [0.1, 0.15) is 0 Å². The topological polar surface area (TPSA) is 91.9 Å². The van der Waals surface area contributed by atoms with E-state index >= 15 is 0 Å². The van der Waals surface area contributed by atoms with Crippen molar-refractivity contribution in [2.75, 3.05) is 0 Å². The second-order valence-corrected chi connectivity index (χ2v) is 7.17. The Balaban J connectivity index is 2.00. The number of benzene rings is 2. The number of aromatic carboxylic acids is 2. The molecule has 0 aliphatic carbocycles. The average molecular weight is 431 g/mol. The molecule has 0 amide bonds. The highest BCUT2D eigenvalue weighted by Crippen LogP contribution is 2.26. The lowest BCUT2D eigenvalue weighted by Gasteiger charge is -2.11. The third kappa shape index (κ3) is 4.18. The number of halogens is 2. The summed E-state index contributed by atoms with van der Waals surface area (Å²) < 4.78 is 1.90. The van der Waals surface area contributed by atoms with Crippen LogP contribution in [0, 0.1) is 13.8 Å². The van der Waals surface area contributed by atoms with Crippen molar-refractivity contribution in [3.63, 3.8) is 0 Å². The molecule has 0 atom stereocenters. The number of carboxylic acids is 2. The molecule has 2 aromatic carbocycles. The molecule has 0 aliphatic heterocycles. The lowest BCUT2D eigenvalue weighted by Crippen LogP contribution is -2.03. The molecule has 0 bridgehead atoms. The highest BCUT2D eigenvalue weighted by Gasteiger charge is 2.14. The van der Waals surface area contributed by atoms with E-state index in [1.165, 1.54) is 18.2 Å². The number of aromatic nitrogens is 1. The average Bonchev–Trinajstić information content (AvgIpc) is 2.94. The molecule has 0 aliphatic rings. The van der Waals surface area contributed by atoms with Crippen molar-refractivity contribution in [2.45, 2.75) is 13.8 Å². The molecule has 29 heavy (non-hydrogen) atoms. The Bertz CT molecular complexity index is 1170. The summed E-state index contributed by atoms with van der Waals surface area (Å²) in [6.45, 7) is 3.78. The van der Waals surface area contributed by atoms with Gasteiger partial charge >= 0.3 is 11.9 Å². The minimum absolute atomic E-state index is 0.0193. The largest absolute Gasteiger partial charge is 0.478 e. The molecule has 6 nitrogen and oxygen atoms in total. The van der Waals surface area contributed by atoms with E-state index in [0.717, 1.165) is 17.0 Å². The molecule has 0 unspecified atom stereocenters. The summed E-state index contributed by atoms with van der Waals surface area (Å²) in [5.74, 6) is -2.22. The highest BCUT2D eigenvalue weighted by molar-refractivity contribution is 6.34. The Kier molecular flexibility index (Phi) is 5.77. The fourth-order valence-electron chi connectivity index (χ4n) is 3.03. The fourth-order valence-corrected chi connectivity index (χ4v) is 3.43. The molecule has 0 saturated carbocycles. The molecule has 148 valence electrons. The van der Waals surface area contributed by atoms with E-state index in [0.29, 0.717) is 11.4 Å². The van der Waals surface area contributed by atoms with Crippen LogP contribution in [-0.2, 0) is 0 Å². The van der Waals surface area contributed by atoms with Crippen LogP contribution in [0.25, 0.3) is 5.69 Å². The minimum Gasteiger partial charge on any atom is -0.478 e. The lowest BCUT2D eigenvalue weighted by molar-refractivity contribution is 0.0686. The zero-order chi connectivity index (χ0) is 21.3. The summed E-state index contributed by atoms with van der Waals surface area (Å²) in [5.41, 5.74) is 3.66. The van der Waals surface area contributed by atoms with Crippen molar-refractivity contribution in [3.8, 4) is 5.69 Å². The van der Waals surface area contributed by atoms with Gasteiger partial charge in [-0.15, -0.1) is 0 Å². The Hall–Kier alpha value is -3.09. The summed E-state index contributed by atoms with van der Waals surface area (Å²) in [6.07, 6.45) is 1.63. The first-order chi connectivity index (χ1) is 13.7. The molecule has 3 aromatic rings. The normalized spacial score (nSPS) is 11.2. The van der Waals surface area contributed by atoms with Crippen LogP contribution in [0.15, 0.2) is 47.5 Å². The molecule has 0 radical (unpaired) electrons. The van der Waals surface area contributed by atoms with Crippen molar-refractivity contribution >= 4 is 47.0 Å². The Morgan fingerprint density at radius 2 is 1.52 bits per heavy atom. The van der Waals surface area contributed by atoms with E-state index in [1.807, 2.05) is 24.5 Å². The maximum Gasteiger partial charge on any atom is 0.337 e. The van der Waals surface area contributed by atoms with Gasteiger partial charge in [0.05, 0.1) is 26.9 Å². The number of carboxylic acid groups (broad SMARTS) is 2. The summed E-state index contributed by atoms with van der Waals surface area (Å²) in [4.78, 5) is 26.9. The molecule has 3 rings (SSSR count). The van der Waals surface area contributed by atoms with Crippen LogP contribution in [0.4, 0.5) is 5.69 Å². The van der Waals surface area contributed by atoms with Crippen molar-refractivity contribution in [1.82, 2.24) is 4.57 Å². The van der Waals surface area contributed by atoms with E-state index in [9.17, 15) is 19.8 Å². The van der Waals surface area contributed by atoms with E-state index in [-0.39, 0.29) is 21.2 Å². The van der Waals surface area contributed by atoms with Crippen LogP contribution in [0.3, 0.4) is 0 Å². The third-order valence-electron chi connectivity index (χ3n) is 4.44. The Morgan fingerprint density at radius 3 is 2.14 bits per heavy atom. The summed E-state index contributed by atoms with van der Waals surface area (Å²) in [7, 11) is 0. The zero-order valence-corrected chi connectivity index (χ0v) is 17.0. The zero-order valence-electron chi connectivity index (χ0n) is 15.5. The molecular formula is C21H16Cl2N2O4. The molecule has 0 spiro atoms. The molecule has 0 saturated heterocycles. The van der Waals surface area contributed by atoms with Gasteiger partial charge in [-0.1, -0.05) is 23.2 Å². The maximum atomic E-state index is 11.4. The predicted molar refractivity (Wildman–Crippen MR) is 113 cm³/mol. The number of hydrogen-bond donors (Lipinski definition) is 2. The second-order valence-electron chi connectivity index (χ2n) is 6.36. The van der Waals surface area contributed by atoms with Gasteiger partial charge < -0.3 is 14.8 Å². The van der Waals surface area contributed by atoms with Crippen molar-refractivity contribution < 1.29 is 19.8 Å². The number of rotatable bonds is 5. The Morgan fingerprint density at radius 1 is 0.931 bits per heavy atom. The van der Waals surface area contributed by atoms with Crippen LogP contribution in [-0.4, -0.2) is 32.9 Å². The van der Waals surface area contributed by atoms with Crippen molar-refractivity contribution in [3.05, 3.63) is 80.6 Å². The van der Waals surface area contributed by atoms with Gasteiger partial charge in [0, 0.05) is 28.9 Å². The first-order valence-electron chi connectivity index (χ1n) is 8.48. The number of carbonyl (C=O) groups is 2. The van der Waals surface area contributed by atoms with Crippen LogP contribution in [0.2, 0.25) is 10.0 Å². The molecular weight excluding hydrogens is 415 g/mol. The van der Waals surface area contributed by atoms with E-state index in [1.54, 1.807) is 24.4 Å². The van der Waals surface area contributed by atoms with Crippen LogP contribution < -0.4 is 0 Å². The summed E-state index contributed by atoms with van der Waals surface area (Å²) in [6, 6.07) is 11.2. The van der Waals surface area contributed by atoms with E-state index in [4.69, 9.17) is 23.2 Å². The van der Waals surface area contributed by atoms with Crippen molar-refractivity contribution in [2.24, 2.45) is 4.99 Å². The predicted octanol–water partition coefficient (Wildman–Crippen LogP) is 5.55. The Labute approximate surface area is 176 Å². The molecule has 0 fully saturated rings. The first-order valence-corrected chi connectivity index (χ1v) is 9.23. The first kappa shape index (κ1) is 20.6. The van der Waals surface area contributed by atoms with Gasteiger partial charge in [-0.3, -0.25) is 4.99 Å². The van der Waals surface area contributed by atoms with Gasteiger partial charge in [-0.2, -0.15) is 0 Å². The SMILES string of the molecule is Cc1cc(C=Nc2ccc(Cl)c(C(=O)O)c2)c(C)n1-c1ccc(Cl)c(C(=O)O)c1. The van der Waals surface area contributed by atoms with Gasteiger partial charge in [-0.25, -0.2) is 9.59 Å². The standard InChI is InChI=1S/C21H16Cl2N2O4/c1-11-7-13(10-24-14-3-5-18(22)16(8-14)20(26)27)12(2)25(11)15-4-6-19(23)17(9-15)21(28)29/h3-10H,1-2H3,(H,26,27)(H,28,29). The summed E-state index contributed by atoms with van der Waals surface area (Å²) >= 11 is 11.8. The molecule has 1 aromatic heterocycles. The van der Waals surface area contributed by atoms with E-state index < -0.39 is 11.9 Å². The number of nitrogens with zero attached hydrogens (tertiary/aromatic N) is 2. The second kappa shape index (κ2) is 8.11. The molecule has 8 heteroatoms. The van der Waals surface area contributed by atoms with Crippen LogP contribution >= 0.6 is 23.2 Å². The smallest absolute Gasteiger partial charge is 0.337 e. The lowest BCUT2D eigenvalue weighted by atomic mass is 10.2. The maximum absolute atomic E-state index is 11.4. The van der Waals surface area contributed by atoms with Crippen LogP contribution in [0.5, 0.6) is 0 Å². The molecule has 2 N–H and O–H groups in total. The van der Waals surface area contributed by atoms with Gasteiger partial charge in [-0.05, 0) is 56.3 Å². The fraction of sp³-hybridized carbons (Fsp3) is 0.0952. The molecule has 1 heterocycles. The number of aliphatic imine (C=N–C) groups is 1. The third-order valence-corrected chi connectivity index (χ3v) is 5.10. The minimum atomic E-state index is -1.12. The van der Waals surface area contributed by atoms with Gasteiger partial charge in [0.15, 0.2) is 0 Å². The van der Waals surface area contributed by atoms with Gasteiger partial charge in [0.25, 0.3) is 0 Å². The van der Waals surface area contributed by atoms with Crippen molar-refractivity contribution in [1.29, 1.82) is 0 Å². The summed E-state index contributed by atoms with van der Waals surface area (Å²) in [5, 5.41) is 18.8. The van der Waals surface area contributed by atoms with Gasteiger partial charge in [0.2, 0.25) is 0 Å². The van der Waals surface area contributed by atoms with Crippen LogP contribution in [0.1, 0.15) is 37.7 Å². The number of aryl methyl sites for hydroxylation is 1. The quantitative estimate of drug-likeness (QED) is 0.519.